The fourth-order valence-corrected chi connectivity index (χ4v) is 2.55. The maximum Gasteiger partial charge on any atom is 0.0896 e. The zero-order valence-corrected chi connectivity index (χ0v) is 9.50. The molecule has 0 bridgehead atoms. The largest absolute Gasteiger partial charge is 0.385 e. The molecule has 82 valence electrons. The summed E-state index contributed by atoms with van der Waals surface area (Å²) in [5.41, 5.74) is 1.96. The van der Waals surface area contributed by atoms with Crippen LogP contribution in [0.25, 0.3) is 0 Å². The van der Waals surface area contributed by atoms with Gasteiger partial charge in [0.2, 0.25) is 0 Å². The van der Waals surface area contributed by atoms with Crippen LogP contribution in [-0.4, -0.2) is 5.11 Å². The molecule has 0 aromatic heterocycles. The fraction of sp³-hybridized carbons (Fsp3) is 0.571. The van der Waals surface area contributed by atoms with E-state index in [9.17, 15) is 5.11 Å². The third-order valence-electron chi connectivity index (χ3n) is 3.43. The van der Waals surface area contributed by atoms with Crippen molar-refractivity contribution < 1.29 is 5.11 Å². The minimum absolute atomic E-state index is 0.524. The predicted octanol–water partition coefficient (Wildman–Crippen LogP) is 3.40. The number of aryl methyl sites for hydroxylation is 1. The SMILES string of the molecule is CCCc1cccc(C2(O)CCCC2)c1. The lowest BCUT2D eigenvalue weighted by atomic mass is 9.90. The summed E-state index contributed by atoms with van der Waals surface area (Å²) < 4.78 is 0. The fourth-order valence-electron chi connectivity index (χ4n) is 2.55. The van der Waals surface area contributed by atoms with E-state index in [1.54, 1.807) is 0 Å². The summed E-state index contributed by atoms with van der Waals surface area (Å²) in [5, 5.41) is 10.5. The lowest BCUT2D eigenvalue weighted by molar-refractivity contribution is 0.0444. The summed E-state index contributed by atoms with van der Waals surface area (Å²) >= 11 is 0. The number of hydrogen-bond donors (Lipinski definition) is 1. The number of aliphatic hydroxyl groups is 1. The minimum atomic E-state index is -0.524. The molecule has 1 fully saturated rings. The molecule has 1 saturated carbocycles. The van der Waals surface area contributed by atoms with Crippen LogP contribution >= 0.6 is 0 Å². The summed E-state index contributed by atoms with van der Waals surface area (Å²) in [4.78, 5) is 0. The van der Waals surface area contributed by atoms with Crippen LogP contribution in [0.5, 0.6) is 0 Å². The zero-order valence-electron chi connectivity index (χ0n) is 9.50. The van der Waals surface area contributed by atoms with E-state index in [4.69, 9.17) is 0 Å². The third-order valence-corrected chi connectivity index (χ3v) is 3.43. The molecule has 0 aliphatic heterocycles. The van der Waals surface area contributed by atoms with Gasteiger partial charge in [-0.2, -0.15) is 0 Å². The summed E-state index contributed by atoms with van der Waals surface area (Å²) in [7, 11) is 0. The van der Waals surface area contributed by atoms with Crippen LogP contribution in [0.15, 0.2) is 24.3 Å². The van der Waals surface area contributed by atoms with Crippen LogP contribution in [0, 0.1) is 0 Å². The van der Waals surface area contributed by atoms with Gasteiger partial charge in [-0.15, -0.1) is 0 Å². The average Bonchev–Trinajstić information content (AvgIpc) is 2.68. The van der Waals surface area contributed by atoms with Gasteiger partial charge >= 0.3 is 0 Å². The van der Waals surface area contributed by atoms with E-state index in [1.807, 2.05) is 0 Å². The van der Waals surface area contributed by atoms with Crippen LogP contribution in [0.1, 0.15) is 50.2 Å². The van der Waals surface area contributed by atoms with E-state index in [2.05, 4.69) is 31.2 Å². The van der Waals surface area contributed by atoms with Crippen molar-refractivity contribution in [1.82, 2.24) is 0 Å². The standard InChI is InChI=1S/C14H20O/c1-2-6-12-7-5-8-13(11-12)14(15)9-3-4-10-14/h5,7-8,11,15H,2-4,6,9-10H2,1H3. The summed E-state index contributed by atoms with van der Waals surface area (Å²) in [6, 6.07) is 8.50. The van der Waals surface area contributed by atoms with E-state index in [0.29, 0.717) is 0 Å². The van der Waals surface area contributed by atoms with Crippen molar-refractivity contribution in [2.24, 2.45) is 0 Å². The van der Waals surface area contributed by atoms with E-state index in [0.717, 1.165) is 37.7 Å². The van der Waals surface area contributed by atoms with E-state index >= 15 is 0 Å². The molecule has 1 aliphatic rings. The van der Waals surface area contributed by atoms with Crippen LogP contribution in [0.3, 0.4) is 0 Å². The molecule has 1 aromatic carbocycles. The Balaban J connectivity index is 2.23. The molecule has 0 amide bonds. The van der Waals surface area contributed by atoms with E-state index in [1.165, 1.54) is 12.0 Å². The number of benzene rings is 1. The van der Waals surface area contributed by atoms with Crippen LogP contribution in [0.4, 0.5) is 0 Å². The monoisotopic (exact) mass is 204 g/mol. The quantitative estimate of drug-likeness (QED) is 0.800. The third kappa shape index (κ3) is 2.23. The Kier molecular flexibility index (Phi) is 3.11. The van der Waals surface area contributed by atoms with Crippen molar-refractivity contribution in [1.29, 1.82) is 0 Å². The molecule has 15 heavy (non-hydrogen) atoms. The van der Waals surface area contributed by atoms with Gasteiger partial charge in [0, 0.05) is 0 Å². The highest BCUT2D eigenvalue weighted by molar-refractivity contribution is 5.29. The zero-order chi connectivity index (χ0) is 10.7. The number of hydrogen-bond acceptors (Lipinski definition) is 1. The molecule has 0 spiro atoms. The molecule has 1 nitrogen and oxygen atoms in total. The second-order valence-corrected chi connectivity index (χ2v) is 4.69. The molecule has 1 aromatic rings. The highest BCUT2D eigenvalue weighted by Crippen LogP contribution is 2.38. The summed E-state index contributed by atoms with van der Waals surface area (Å²) in [6.07, 6.45) is 6.47. The van der Waals surface area contributed by atoms with Gasteiger partial charge in [0.05, 0.1) is 5.60 Å². The van der Waals surface area contributed by atoms with Gasteiger partial charge < -0.3 is 5.11 Å². The van der Waals surface area contributed by atoms with Crippen molar-refractivity contribution >= 4 is 0 Å². The second-order valence-electron chi connectivity index (χ2n) is 4.69. The van der Waals surface area contributed by atoms with E-state index in [-0.39, 0.29) is 0 Å². The van der Waals surface area contributed by atoms with Gasteiger partial charge in [-0.3, -0.25) is 0 Å². The highest BCUT2D eigenvalue weighted by Gasteiger charge is 2.32. The molecule has 0 unspecified atom stereocenters. The molecule has 2 rings (SSSR count). The smallest absolute Gasteiger partial charge is 0.0896 e. The molecule has 0 atom stereocenters. The summed E-state index contributed by atoms with van der Waals surface area (Å²) in [5.74, 6) is 0. The molecule has 1 heteroatoms. The molecule has 0 saturated heterocycles. The Morgan fingerprint density at radius 2 is 2.00 bits per heavy atom. The van der Waals surface area contributed by atoms with Crippen LogP contribution in [0.2, 0.25) is 0 Å². The van der Waals surface area contributed by atoms with Gasteiger partial charge in [-0.25, -0.2) is 0 Å². The van der Waals surface area contributed by atoms with Crippen LogP contribution < -0.4 is 0 Å². The van der Waals surface area contributed by atoms with Crippen molar-refractivity contribution in [2.45, 2.75) is 51.0 Å². The maximum atomic E-state index is 10.5. The van der Waals surface area contributed by atoms with Gasteiger partial charge in [-0.1, -0.05) is 50.5 Å². The Labute approximate surface area is 92.1 Å². The second kappa shape index (κ2) is 4.36. The lowest BCUT2D eigenvalue weighted by Crippen LogP contribution is -2.20. The lowest BCUT2D eigenvalue weighted by Gasteiger charge is -2.23. The van der Waals surface area contributed by atoms with E-state index < -0.39 is 5.60 Å². The number of rotatable bonds is 3. The van der Waals surface area contributed by atoms with Crippen LogP contribution in [-0.2, 0) is 12.0 Å². The Hall–Kier alpha value is -0.820. The Bertz CT molecular complexity index is 324. The maximum absolute atomic E-state index is 10.5. The molecule has 1 aliphatic carbocycles. The van der Waals surface area contributed by atoms with Crippen molar-refractivity contribution in [2.75, 3.05) is 0 Å². The first-order valence-corrected chi connectivity index (χ1v) is 6.06. The van der Waals surface area contributed by atoms with Gasteiger partial charge in [-0.05, 0) is 30.4 Å². The van der Waals surface area contributed by atoms with Gasteiger partial charge in [0.1, 0.15) is 0 Å². The van der Waals surface area contributed by atoms with Gasteiger partial charge in [0.25, 0.3) is 0 Å². The predicted molar refractivity (Wildman–Crippen MR) is 62.8 cm³/mol. The topological polar surface area (TPSA) is 20.2 Å². The van der Waals surface area contributed by atoms with Crippen molar-refractivity contribution in [3.63, 3.8) is 0 Å². The first kappa shape index (κ1) is 10.7. The Morgan fingerprint density at radius 3 is 2.67 bits per heavy atom. The molecule has 1 N–H and O–H groups in total. The normalized spacial score (nSPS) is 19.3. The molecule has 0 heterocycles. The first-order chi connectivity index (χ1) is 7.24. The summed E-state index contributed by atoms with van der Waals surface area (Å²) in [6.45, 7) is 2.19. The minimum Gasteiger partial charge on any atom is -0.385 e. The molecular weight excluding hydrogens is 184 g/mol. The van der Waals surface area contributed by atoms with Crippen molar-refractivity contribution in [3.05, 3.63) is 35.4 Å². The molecular formula is C14H20O. The average molecular weight is 204 g/mol. The molecule has 0 radical (unpaired) electrons. The van der Waals surface area contributed by atoms with Gasteiger partial charge in [0.15, 0.2) is 0 Å². The highest BCUT2D eigenvalue weighted by atomic mass is 16.3. The first-order valence-electron chi connectivity index (χ1n) is 6.06. The Morgan fingerprint density at radius 1 is 1.27 bits per heavy atom. The van der Waals surface area contributed by atoms with Crippen molar-refractivity contribution in [3.8, 4) is 0 Å².